The van der Waals surface area contributed by atoms with Gasteiger partial charge in [-0.2, -0.15) is 0 Å². The highest BCUT2D eigenvalue weighted by Crippen LogP contribution is 2.08. The Morgan fingerprint density at radius 1 is 1.53 bits per heavy atom. The fourth-order valence-electron chi connectivity index (χ4n) is 1.51. The van der Waals surface area contributed by atoms with E-state index in [-0.39, 0.29) is 12.1 Å². The van der Waals surface area contributed by atoms with Crippen LogP contribution in [0.3, 0.4) is 0 Å². The topological polar surface area (TPSA) is 78.9 Å². The third-order valence-corrected chi connectivity index (χ3v) is 2.86. The molecule has 2 rings (SSSR count). The Morgan fingerprint density at radius 3 is 3.00 bits per heavy atom. The van der Waals surface area contributed by atoms with Gasteiger partial charge in [0.15, 0.2) is 0 Å². The molecule has 1 saturated heterocycles. The lowest BCUT2D eigenvalue weighted by molar-refractivity contribution is 0.245. The second kappa shape index (κ2) is 5.04. The molecule has 0 saturated carbocycles. The maximum Gasteiger partial charge on any atom is 0.321 e. The SMILES string of the molecule is O=C(Nc1nncs1)NC1CCNCC1. The molecule has 1 fully saturated rings. The number of nitrogens with zero attached hydrogens (tertiary/aromatic N) is 2. The van der Waals surface area contributed by atoms with Gasteiger partial charge in [-0.25, -0.2) is 4.79 Å². The van der Waals surface area contributed by atoms with Crippen LogP contribution in [0.15, 0.2) is 5.51 Å². The van der Waals surface area contributed by atoms with Crippen molar-refractivity contribution in [3.8, 4) is 0 Å². The molecule has 2 amide bonds. The smallest absolute Gasteiger partial charge is 0.321 e. The predicted molar refractivity (Wildman–Crippen MR) is 58.0 cm³/mol. The van der Waals surface area contributed by atoms with Gasteiger partial charge in [0.1, 0.15) is 5.51 Å². The van der Waals surface area contributed by atoms with E-state index in [1.165, 1.54) is 11.3 Å². The maximum absolute atomic E-state index is 11.5. The Balaban J connectivity index is 1.76. The van der Waals surface area contributed by atoms with E-state index in [4.69, 9.17) is 0 Å². The quantitative estimate of drug-likeness (QED) is 0.684. The number of carbonyl (C=O) groups is 1. The van der Waals surface area contributed by atoms with Crippen molar-refractivity contribution in [3.63, 3.8) is 0 Å². The molecule has 0 radical (unpaired) electrons. The van der Waals surface area contributed by atoms with Crippen LogP contribution in [-0.4, -0.2) is 35.4 Å². The van der Waals surface area contributed by atoms with Gasteiger partial charge in [-0.15, -0.1) is 10.2 Å². The third-order valence-electron chi connectivity index (χ3n) is 2.25. The maximum atomic E-state index is 11.5. The summed E-state index contributed by atoms with van der Waals surface area (Å²) in [5.74, 6) is 0. The molecule has 7 heteroatoms. The highest BCUT2D eigenvalue weighted by atomic mass is 32.1. The molecule has 1 aromatic rings. The summed E-state index contributed by atoms with van der Waals surface area (Å²) in [7, 11) is 0. The van der Waals surface area contributed by atoms with Crippen molar-refractivity contribution in [1.82, 2.24) is 20.8 Å². The van der Waals surface area contributed by atoms with Crippen LogP contribution in [0.4, 0.5) is 9.93 Å². The highest BCUT2D eigenvalue weighted by molar-refractivity contribution is 7.13. The van der Waals surface area contributed by atoms with E-state index in [0.29, 0.717) is 5.13 Å². The van der Waals surface area contributed by atoms with Crippen LogP contribution in [0.25, 0.3) is 0 Å². The Kier molecular flexibility index (Phi) is 3.46. The molecular weight excluding hydrogens is 214 g/mol. The van der Waals surface area contributed by atoms with Crippen molar-refractivity contribution in [2.75, 3.05) is 18.4 Å². The van der Waals surface area contributed by atoms with Crippen molar-refractivity contribution in [2.45, 2.75) is 18.9 Å². The average Bonchev–Trinajstić information content (AvgIpc) is 2.71. The molecular formula is C8H13N5OS. The van der Waals surface area contributed by atoms with Crippen LogP contribution in [0.2, 0.25) is 0 Å². The van der Waals surface area contributed by atoms with Crippen LogP contribution in [0.1, 0.15) is 12.8 Å². The summed E-state index contributed by atoms with van der Waals surface area (Å²) >= 11 is 1.31. The molecule has 3 N–H and O–H groups in total. The molecule has 0 unspecified atom stereocenters. The van der Waals surface area contributed by atoms with Crippen molar-refractivity contribution in [2.24, 2.45) is 0 Å². The fraction of sp³-hybridized carbons (Fsp3) is 0.625. The van der Waals surface area contributed by atoms with Crippen molar-refractivity contribution in [1.29, 1.82) is 0 Å². The van der Waals surface area contributed by atoms with E-state index in [1.54, 1.807) is 5.51 Å². The highest BCUT2D eigenvalue weighted by Gasteiger charge is 2.15. The van der Waals surface area contributed by atoms with Gasteiger partial charge in [-0.05, 0) is 25.9 Å². The number of aromatic nitrogens is 2. The van der Waals surface area contributed by atoms with Crippen LogP contribution in [0.5, 0.6) is 0 Å². The number of urea groups is 1. The van der Waals surface area contributed by atoms with E-state index >= 15 is 0 Å². The summed E-state index contributed by atoms with van der Waals surface area (Å²) in [6, 6.07) is 0.0674. The summed E-state index contributed by atoms with van der Waals surface area (Å²) in [4.78, 5) is 11.5. The first-order valence-corrected chi connectivity index (χ1v) is 5.77. The van der Waals surface area contributed by atoms with Gasteiger partial charge in [0, 0.05) is 6.04 Å². The summed E-state index contributed by atoms with van der Waals surface area (Å²) in [6.45, 7) is 1.92. The molecule has 0 aromatic carbocycles. The lowest BCUT2D eigenvalue weighted by Crippen LogP contribution is -2.44. The molecule has 0 aliphatic carbocycles. The first-order valence-electron chi connectivity index (χ1n) is 4.89. The van der Waals surface area contributed by atoms with Gasteiger partial charge in [-0.3, -0.25) is 5.32 Å². The third kappa shape index (κ3) is 3.14. The number of rotatable bonds is 2. The second-order valence-corrected chi connectivity index (χ2v) is 4.20. The van der Waals surface area contributed by atoms with Gasteiger partial charge in [0.25, 0.3) is 0 Å². The Hall–Kier alpha value is -1.21. The van der Waals surface area contributed by atoms with Crippen LogP contribution in [0, 0.1) is 0 Å². The zero-order valence-electron chi connectivity index (χ0n) is 8.19. The number of nitrogens with one attached hydrogen (secondary N) is 3. The normalized spacial score (nSPS) is 17.3. The molecule has 0 atom stereocenters. The summed E-state index contributed by atoms with van der Waals surface area (Å²) in [6.07, 6.45) is 1.95. The van der Waals surface area contributed by atoms with Gasteiger partial charge in [-0.1, -0.05) is 11.3 Å². The minimum absolute atomic E-state index is 0.196. The predicted octanol–water partition coefficient (Wildman–Crippen LogP) is 0.412. The minimum atomic E-state index is -0.196. The van der Waals surface area contributed by atoms with Gasteiger partial charge in [0.05, 0.1) is 0 Å². The molecule has 15 heavy (non-hydrogen) atoms. The van der Waals surface area contributed by atoms with E-state index in [0.717, 1.165) is 25.9 Å². The zero-order valence-corrected chi connectivity index (χ0v) is 9.01. The van der Waals surface area contributed by atoms with Gasteiger partial charge >= 0.3 is 6.03 Å². The average molecular weight is 227 g/mol. The molecule has 1 aliphatic rings. The second-order valence-electron chi connectivity index (χ2n) is 3.37. The molecule has 0 bridgehead atoms. The Labute approximate surface area is 91.5 Å². The number of anilines is 1. The number of carbonyl (C=O) groups excluding carboxylic acids is 1. The van der Waals surface area contributed by atoms with E-state index in [2.05, 4.69) is 26.1 Å². The molecule has 1 aliphatic heterocycles. The molecule has 2 heterocycles. The number of hydrogen-bond acceptors (Lipinski definition) is 5. The lowest BCUT2D eigenvalue weighted by Gasteiger charge is -2.23. The van der Waals surface area contributed by atoms with Gasteiger partial charge < -0.3 is 10.6 Å². The number of amides is 2. The van der Waals surface area contributed by atoms with E-state index < -0.39 is 0 Å². The van der Waals surface area contributed by atoms with Crippen molar-refractivity contribution >= 4 is 22.5 Å². The van der Waals surface area contributed by atoms with Crippen molar-refractivity contribution in [3.05, 3.63) is 5.51 Å². The van der Waals surface area contributed by atoms with Crippen LogP contribution < -0.4 is 16.0 Å². The van der Waals surface area contributed by atoms with Crippen LogP contribution in [-0.2, 0) is 0 Å². The van der Waals surface area contributed by atoms with Crippen molar-refractivity contribution < 1.29 is 4.79 Å². The molecule has 82 valence electrons. The minimum Gasteiger partial charge on any atom is -0.335 e. The first-order chi connectivity index (χ1) is 7.34. The summed E-state index contributed by atoms with van der Waals surface area (Å²) in [5.41, 5.74) is 1.58. The number of piperidine rings is 1. The van der Waals surface area contributed by atoms with E-state index in [1.807, 2.05) is 0 Å². The summed E-state index contributed by atoms with van der Waals surface area (Å²) < 4.78 is 0. The Bertz CT molecular complexity index is 309. The molecule has 6 nitrogen and oxygen atoms in total. The fourth-order valence-corrected chi connectivity index (χ4v) is 1.95. The monoisotopic (exact) mass is 227 g/mol. The van der Waals surface area contributed by atoms with Gasteiger partial charge in [0.2, 0.25) is 5.13 Å². The standard InChI is InChI=1S/C8H13N5OS/c14-7(12-8-13-10-5-15-8)11-6-1-3-9-4-2-6/h5-6,9H,1-4H2,(H2,11,12,13,14). The largest absolute Gasteiger partial charge is 0.335 e. The first kappa shape index (κ1) is 10.3. The summed E-state index contributed by atoms with van der Waals surface area (Å²) in [5, 5.41) is 16.7. The lowest BCUT2D eigenvalue weighted by atomic mass is 10.1. The Morgan fingerprint density at radius 2 is 2.33 bits per heavy atom. The van der Waals surface area contributed by atoms with E-state index in [9.17, 15) is 4.79 Å². The zero-order chi connectivity index (χ0) is 10.5. The molecule has 0 spiro atoms. The number of hydrogen-bond donors (Lipinski definition) is 3. The van der Waals surface area contributed by atoms with Crippen LogP contribution >= 0.6 is 11.3 Å². The molecule has 1 aromatic heterocycles.